The largest absolute Gasteiger partial charge is 0.324 e. The Kier molecular flexibility index (Phi) is 6.02. The van der Waals surface area contributed by atoms with Crippen molar-refractivity contribution >= 4 is 35.1 Å². The van der Waals surface area contributed by atoms with Crippen molar-refractivity contribution in [3.63, 3.8) is 0 Å². The van der Waals surface area contributed by atoms with Gasteiger partial charge in [0, 0.05) is 4.75 Å². The van der Waals surface area contributed by atoms with Gasteiger partial charge in [-0.1, -0.05) is 27.7 Å². The Morgan fingerprint density at radius 1 is 1.39 bits per heavy atom. The van der Waals surface area contributed by atoms with Crippen LogP contribution in [0, 0.1) is 0 Å². The summed E-state index contributed by atoms with van der Waals surface area (Å²) in [6.45, 7) is 8.39. The maximum atomic E-state index is 11.7. The van der Waals surface area contributed by atoms with E-state index in [0.29, 0.717) is 5.75 Å². The van der Waals surface area contributed by atoms with Crippen LogP contribution in [0.15, 0.2) is 23.4 Å². The van der Waals surface area contributed by atoms with Crippen LogP contribution >= 0.6 is 23.5 Å². The van der Waals surface area contributed by atoms with Crippen molar-refractivity contribution in [1.82, 2.24) is 4.98 Å². The molecule has 1 aromatic heterocycles. The Balaban J connectivity index is 2.44. The van der Waals surface area contributed by atoms with E-state index in [1.54, 1.807) is 29.7 Å². The van der Waals surface area contributed by atoms with E-state index < -0.39 is 0 Å². The van der Waals surface area contributed by atoms with Crippen LogP contribution < -0.4 is 5.32 Å². The topological polar surface area (TPSA) is 42.0 Å². The minimum atomic E-state index is 0.0209. The van der Waals surface area contributed by atoms with E-state index in [0.717, 1.165) is 16.5 Å². The molecule has 0 aliphatic carbocycles. The lowest BCUT2D eigenvalue weighted by atomic mass is 10.3. The van der Waals surface area contributed by atoms with Crippen LogP contribution in [-0.2, 0) is 4.79 Å². The highest BCUT2D eigenvalue weighted by molar-refractivity contribution is 8.01. The third-order valence-corrected chi connectivity index (χ3v) is 4.05. The highest BCUT2D eigenvalue weighted by Crippen LogP contribution is 2.23. The Bertz CT molecular complexity index is 385. The molecule has 0 aliphatic heterocycles. The molecule has 1 rings (SSSR count). The summed E-state index contributed by atoms with van der Waals surface area (Å²) in [5.41, 5.74) is 0.759. The summed E-state index contributed by atoms with van der Waals surface area (Å²) in [5, 5.41) is 3.84. The molecule has 100 valence electrons. The van der Waals surface area contributed by atoms with Gasteiger partial charge in [0.05, 0.1) is 22.7 Å². The molecule has 0 atom stereocenters. The lowest BCUT2D eigenvalue weighted by molar-refractivity contribution is -0.113. The molecular weight excluding hydrogens is 264 g/mol. The number of nitrogens with zero attached hydrogens (tertiary/aromatic N) is 1. The molecular formula is C13H20N2OS2. The summed E-state index contributed by atoms with van der Waals surface area (Å²) < 4.78 is 0.108. The van der Waals surface area contributed by atoms with Gasteiger partial charge in [-0.3, -0.25) is 4.79 Å². The van der Waals surface area contributed by atoms with Crippen LogP contribution in [0.2, 0.25) is 0 Å². The van der Waals surface area contributed by atoms with Gasteiger partial charge in [-0.2, -0.15) is 0 Å². The predicted octanol–water partition coefficient (Wildman–Crippen LogP) is 3.66. The minimum Gasteiger partial charge on any atom is -0.324 e. The van der Waals surface area contributed by atoms with E-state index in [-0.39, 0.29) is 10.7 Å². The molecule has 5 heteroatoms. The molecule has 0 fully saturated rings. The second-order valence-electron chi connectivity index (χ2n) is 4.77. The Morgan fingerprint density at radius 2 is 2.11 bits per heavy atom. The number of amides is 1. The number of aromatic nitrogens is 1. The van der Waals surface area contributed by atoms with Gasteiger partial charge >= 0.3 is 0 Å². The molecule has 0 saturated heterocycles. The molecule has 0 aromatic carbocycles. The Morgan fingerprint density at radius 3 is 2.61 bits per heavy atom. The average Bonchev–Trinajstić information content (AvgIpc) is 2.29. The lowest BCUT2D eigenvalue weighted by Gasteiger charge is -2.16. The Hall–Kier alpha value is -0.680. The van der Waals surface area contributed by atoms with E-state index in [9.17, 15) is 4.79 Å². The number of carbonyl (C=O) groups excluding carboxylic acids is 1. The van der Waals surface area contributed by atoms with Crippen LogP contribution in [0.25, 0.3) is 0 Å². The molecule has 1 N–H and O–H groups in total. The minimum absolute atomic E-state index is 0.0209. The number of hydrogen-bond donors (Lipinski definition) is 1. The van der Waals surface area contributed by atoms with E-state index in [2.05, 4.69) is 38.0 Å². The van der Waals surface area contributed by atoms with Gasteiger partial charge in [-0.05, 0) is 17.9 Å². The summed E-state index contributed by atoms with van der Waals surface area (Å²) >= 11 is 3.32. The van der Waals surface area contributed by atoms with E-state index in [1.165, 1.54) is 0 Å². The molecule has 0 spiro atoms. The van der Waals surface area contributed by atoms with Crippen molar-refractivity contribution < 1.29 is 4.79 Å². The fourth-order valence-corrected chi connectivity index (χ4v) is 2.39. The lowest BCUT2D eigenvalue weighted by Crippen LogP contribution is -2.18. The van der Waals surface area contributed by atoms with Gasteiger partial charge in [-0.25, -0.2) is 4.98 Å². The maximum absolute atomic E-state index is 11.7. The van der Waals surface area contributed by atoms with Crippen molar-refractivity contribution in [1.29, 1.82) is 0 Å². The quantitative estimate of drug-likeness (QED) is 0.838. The molecule has 0 radical (unpaired) electrons. The van der Waals surface area contributed by atoms with Crippen molar-refractivity contribution in [2.45, 2.75) is 37.5 Å². The molecule has 18 heavy (non-hydrogen) atoms. The third kappa shape index (κ3) is 6.31. The molecule has 0 bridgehead atoms. The normalized spacial score (nSPS) is 11.3. The summed E-state index contributed by atoms with van der Waals surface area (Å²) in [5.74, 6) is 1.49. The van der Waals surface area contributed by atoms with Gasteiger partial charge in [-0.15, -0.1) is 23.5 Å². The zero-order valence-corrected chi connectivity index (χ0v) is 13.0. The molecule has 1 aromatic rings. The van der Waals surface area contributed by atoms with Crippen molar-refractivity contribution in [3.8, 4) is 0 Å². The number of nitrogens with one attached hydrogen (secondary N) is 1. The van der Waals surface area contributed by atoms with Crippen molar-refractivity contribution in [2.75, 3.05) is 16.8 Å². The fourth-order valence-electron chi connectivity index (χ4n) is 1.17. The summed E-state index contributed by atoms with van der Waals surface area (Å²) in [6, 6.07) is 3.82. The number of rotatable bonds is 5. The molecule has 1 amide bonds. The molecule has 0 unspecified atom stereocenters. The number of anilines is 1. The third-order valence-electron chi connectivity index (χ3n) is 1.95. The smallest absolute Gasteiger partial charge is 0.234 e. The second kappa shape index (κ2) is 7.04. The first kappa shape index (κ1) is 15.4. The number of pyridine rings is 1. The second-order valence-corrected chi connectivity index (χ2v) is 7.85. The van der Waals surface area contributed by atoms with E-state index in [1.807, 2.05) is 12.1 Å². The van der Waals surface area contributed by atoms with Crippen LogP contribution in [0.5, 0.6) is 0 Å². The van der Waals surface area contributed by atoms with E-state index in [4.69, 9.17) is 0 Å². The molecule has 0 aliphatic rings. The standard InChI is InChI=1S/C13H20N2OS2/c1-5-17-12-7-6-10(8-14-12)15-11(16)9-18-13(2,3)4/h6-8H,5,9H2,1-4H3,(H,15,16). The number of thioether (sulfide) groups is 2. The van der Waals surface area contributed by atoms with Crippen LogP contribution in [0.1, 0.15) is 27.7 Å². The average molecular weight is 284 g/mol. The van der Waals surface area contributed by atoms with Crippen LogP contribution in [0.3, 0.4) is 0 Å². The predicted molar refractivity (Wildman–Crippen MR) is 81.5 cm³/mol. The van der Waals surface area contributed by atoms with Gasteiger partial charge in [0.1, 0.15) is 0 Å². The highest BCUT2D eigenvalue weighted by Gasteiger charge is 2.13. The van der Waals surface area contributed by atoms with Crippen molar-refractivity contribution in [2.24, 2.45) is 0 Å². The summed E-state index contributed by atoms with van der Waals surface area (Å²) in [4.78, 5) is 16.0. The van der Waals surface area contributed by atoms with Crippen LogP contribution in [-0.4, -0.2) is 27.1 Å². The fraction of sp³-hybridized carbons (Fsp3) is 0.538. The van der Waals surface area contributed by atoms with Gasteiger partial charge in [0.15, 0.2) is 0 Å². The first-order valence-corrected chi connectivity index (χ1v) is 7.90. The van der Waals surface area contributed by atoms with Crippen LogP contribution in [0.4, 0.5) is 5.69 Å². The first-order valence-electron chi connectivity index (χ1n) is 5.93. The van der Waals surface area contributed by atoms with Crippen molar-refractivity contribution in [3.05, 3.63) is 18.3 Å². The zero-order valence-electron chi connectivity index (χ0n) is 11.3. The molecule has 1 heterocycles. The summed E-state index contributed by atoms with van der Waals surface area (Å²) in [6.07, 6.45) is 1.71. The highest BCUT2D eigenvalue weighted by atomic mass is 32.2. The number of hydrogen-bond acceptors (Lipinski definition) is 4. The van der Waals surface area contributed by atoms with Gasteiger partial charge in [0.25, 0.3) is 0 Å². The molecule has 3 nitrogen and oxygen atoms in total. The SMILES string of the molecule is CCSc1ccc(NC(=O)CSC(C)(C)C)cn1. The van der Waals surface area contributed by atoms with E-state index >= 15 is 0 Å². The molecule has 0 saturated carbocycles. The number of carbonyl (C=O) groups is 1. The van der Waals surface area contributed by atoms with Gasteiger partial charge < -0.3 is 5.32 Å². The monoisotopic (exact) mass is 284 g/mol. The maximum Gasteiger partial charge on any atom is 0.234 e. The zero-order chi connectivity index (χ0) is 13.6. The summed E-state index contributed by atoms with van der Waals surface area (Å²) in [7, 11) is 0. The van der Waals surface area contributed by atoms with Gasteiger partial charge in [0.2, 0.25) is 5.91 Å². The Labute approximate surface area is 118 Å². The first-order chi connectivity index (χ1) is 8.40.